The third kappa shape index (κ3) is 4.57. The molecule has 0 atom stereocenters. The summed E-state index contributed by atoms with van der Waals surface area (Å²) in [5, 5.41) is 4.46. The number of anilines is 1. The first-order valence-electron chi connectivity index (χ1n) is 11.2. The summed E-state index contributed by atoms with van der Waals surface area (Å²) in [5.41, 5.74) is 0.145. The summed E-state index contributed by atoms with van der Waals surface area (Å²) in [5.74, 6) is 0.170. The maximum atomic E-state index is 12.8. The van der Waals surface area contributed by atoms with Gasteiger partial charge in [0.2, 0.25) is 11.6 Å². The van der Waals surface area contributed by atoms with Crippen LogP contribution in [0.4, 0.5) is 5.82 Å². The standard InChI is InChI=1S/C21H30N6O4/c1-2-31-20(29)16-7-12-24(13-8-16)17(28)15-27-21(30)26-14-9-22-18(19(26)23-27)25-10-5-3-4-6-11-25/h9,14,16H,2-8,10-13,15H2,1H3. The molecule has 0 radical (unpaired) electrons. The molecule has 4 rings (SSSR count). The first-order chi connectivity index (χ1) is 15.1. The van der Waals surface area contributed by atoms with E-state index in [1.54, 1.807) is 24.2 Å². The molecule has 0 aromatic carbocycles. The van der Waals surface area contributed by atoms with Gasteiger partial charge in [0.05, 0.1) is 12.5 Å². The first-order valence-corrected chi connectivity index (χ1v) is 11.2. The molecule has 0 aliphatic carbocycles. The second-order valence-corrected chi connectivity index (χ2v) is 8.19. The topological polar surface area (TPSA) is 102 Å². The fourth-order valence-corrected chi connectivity index (χ4v) is 4.40. The van der Waals surface area contributed by atoms with Crippen molar-refractivity contribution in [2.45, 2.75) is 52.0 Å². The van der Waals surface area contributed by atoms with Gasteiger partial charge in [-0.3, -0.25) is 9.59 Å². The summed E-state index contributed by atoms with van der Waals surface area (Å²) in [6.07, 6.45) is 8.94. The Bertz CT molecular complexity index is 983. The van der Waals surface area contributed by atoms with Gasteiger partial charge in [-0.25, -0.2) is 18.9 Å². The van der Waals surface area contributed by atoms with E-state index in [0.29, 0.717) is 44.0 Å². The summed E-state index contributed by atoms with van der Waals surface area (Å²) >= 11 is 0. The van der Waals surface area contributed by atoms with Crippen molar-refractivity contribution in [3.8, 4) is 0 Å². The van der Waals surface area contributed by atoms with Gasteiger partial charge in [0, 0.05) is 38.6 Å². The van der Waals surface area contributed by atoms with Crippen LogP contribution in [0.3, 0.4) is 0 Å². The van der Waals surface area contributed by atoms with E-state index in [1.165, 1.54) is 21.9 Å². The van der Waals surface area contributed by atoms with Crippen LogP contribution in [0.25, 0.3) is 5.65 Å². The summed E-state index contributed by atoms with van der Waals surface area (Å²) in [6.45, 7) is 4.77. The molecule has 2 saturated heterocycles. The van der Waals surface area contributed by atoms with Gasteiger partial charge < -0.3 is 14.5 Å². The highest BCUT2D eigenvalue weighted by molar-refractivity contribution is 5.77. The summed E-state index contributed by atoms with van der Waals surface area (Å²) in [4.78, 5) is 45.9. The average molecular weight is 431 g/mol. The molecule has 2 aliphatic heterocycles. The van der Waals surface area contributed by atoms with E-state index in [9.17, 15) is 14.4 Å². The molecule has 0 saturated carbocycles. The molecule has 2 fully saturated rings. The molecule has 0 spiro atoms. The SMILES string of the molecule is CCOC(=O)C1CCN(C(=O)Cn2nc3c(N4CCCCCC4)nccn3c2=O)CC1. The maximum absolute atomic E-state index is 12.8. The number of ether oxygens (including phenoxy) is 1. The molecule has 2 aromatic heterocycles. The van der Waals surface area contributed by atoms with Crippen LogP contribution in [0.2, 0.25) is 0 Å². The van der Waals surface area contributed by atoms with Gasteiger partial charge in [-0.2, -0.15) is 0 Å². The van der Waals surface area contributed by atoms with Crippen LogP contribution in [-0.4, -0.2) is 68.7 Å². The highest BCUT2D eigenvalue weighted by Gasteiger charge is 2.29. The molecular weight excluding hydrogens is 400 g/mol. The molecule has 31 heavy (non-hydrogen) atoms. The van der Waals surface area contributed by atoms with E-state index < -0.39 is 0 Å². The van der Waals surface area contributed by atoms with Crippen molar-refractivity contribution >= 4 is 23.3 Å². The minimum absolute atomic E-state index is 0.121. The summed E-state index contributed by atoms with van der Waals surface area (Å²) in [6, 6.07) is 0. The smallest absolute Gasteiger partial charge is 0.350 e. The number of rotatable bonds is 5. The molecule has 10 nitrogen and oxygen atoms in total. The minimum Gasteiger partial charge on any atom is -0.466 e. The summed E-state index contributed by atoms with van der Waals surface area (Å²) < 4.78 is 7.77. The Morgan fingerprint density at radius 3 is 2.48 bits per heavy atom. The lowest BCUT2D eigenvalue weighted by atomic mass is 9.97. The lowest BCUT2D eigenvalue weighted by Gasteiger charge is -2.30. The number of carbonyl (C=O) groups is 2. The van der Waals surface area contributed by atoms with Gasteiger partial charge >= 0.3 is 11.7 Å². The number of aromatic nitrogens is 4. The molecule has 1 amide bonds. The van der Waals surface area contributed by atoms with Crippen molar-refractivity contribution in [1.82, 2.24) is 24.1 Å². The quantitative estimate of drug-likeness (QED) is 0.654. The average Bonchev–Trinajstić information content (AvgIpc) is 2.96. The third-order valence-corrected chi connectivity index (χ3v) is 6.14. The van der Waals surface area contributed by atoms with Crippen molar-refractivity contribution in [1.29, 1.82) is 0 Å². The number of carbonyl (C=O) groups excluding carboxylic acids is 2. The maximum Gasteiger partial charge on any atom is 0.350 e. The van der Waals surface area contributed by atoms with E-state index in [-0.39, 0.29) is 30.0 Å². The molecular formula is C21H30N6O4. The molecule has 0 N–H and O–H groups in total. The highest BCUT2D eigenvalue weighted by Crippen LogP contribution is 2.21. The molecule has 4 heterocycles. The first kappa shape index (κ1) is 21.3. The van der Waals surface area contributed by atoms with Crippen LogP contribution < -0.4 is 10.6 Å². The molecule has 168 valence electrons. The molecule has 0 bridgehead atoms. The van der Waals surface area contributed by atoms with Gasteiger partial charge in [0.1, 0.15) is 6.54 Å². The second-order valence-electron chi connectivity index (χ2n) is 8.19. The van der Waals surface area contributed by atoms with E-state index >= 15 is 0 Å². The fraction of sp³-hybridized carbons (Fsp3) is 0.667. The molecule has 10 heteroatoms. The number of hydrogen-bond acceptors (Lipinski definition) is 7. The van der Waals surface area contributed by atoms with Crippen molar-refractivity contribution in [2.75, 3.05) is 37.7 Å². The van der Waals surface area contributed by atoms with Gasteiger partial charge in [-0.15, -0.1) is 5.10 Å². The largest absolute Gasteiger partial charge is 0.466 e. The predicted molar refractivity (Wildman–Crippen MR) is 114 cm³/mol. The zero-order valence-electron chi connectivity index (χ0n) is 18.0. The molecule has 0 unspecified atom stereocenters. The monoisotopic (exact) mass is 430 g/mol. The Kier molecular flexibility index (Phi) is 6.53. The zero-order chi connectivity index (χ0) is 21.8. The highest BCUT2D eigenvalue weighted by atomic mass is 16.5. The molecule has 2 aliphatic rings. The Hall–Kier alpha value is -2.91. The number of fused-ring (bicyclic) bond motifs is 1. The Balaban J connectivity index is 1.47. The van der Waals surface area contributed by atoms with Crippen LogP contribution in [0.1, 0.15) is 45.4 Å². The number of amides is 1. The van der Waals surface area contributed by atoms with Crippen LogP contribution in [0, 0.1) is 5.92 Å². The number of hydrogen-bond donors (Lipinski definition) is 0. The van der Waals surface area contributed by atoms with Gasteiger partial charge in [-0.1, -0.05) is 12.8 Å². The Morgan fingerprint density at radius 1 is 1.10 bits per heavy atom. The normalized spacial score (nSPS) is 18.2. The predicted octanol–water partition coefficient (Wildman–Crippen LogP) is 1.07. The van der Waals surface area contributed by atoms with Gasteiger partial charge in [0.25, 0.3) is 0 Å². The van der Waals surface area contributed by atoms with Crippen LogP contribution >= 0.6 is 0 Å². The van der Waals surface area contributed by atoms with E-state index in [4.69, 9.17) is 4.74 Å². The zero-order valence-corrected chi connectivity index (χ0v) is 18.0. The van der Waals surface area contributed by atoms with E-state index in [0.717, 1.165) is 25.9 Å². The lowest BCUT2D eigenvalue weighted by Crippen LogP contribution is -2.43. The van der Waals surface area contributed by atoms with E-state index in [2.05, 4.69) is 15.0 Å². The number of piperidine rings is 1. The Labute approximate surface area is 180 Å². The Morgan fingerprint density at radius 2 is 1.81 bits per heavy atom. The van der Waals surface area contributed by atoms with Crippen molar-refractivity contribution in [2.24, 2.45) is 5.92 Å². The van der Waals surface area contributed by atoms with E-state index in [1.807, 2.05) is 0 Å². The van der Waals surface area contributed by atoms with Crippen molar-refractivity contribution in [3.63, 3.8) is 0 Å². The van der Waals surface area contributed by atoms with Crippen LogP contribution in [0.5, 0.6) is 0 Å². The number of esters is 1. The number of nitrogens with zero attached hydrogens (tertiary/aromatic N) is 6. The van der Waals surface area contributed by atoms with Gasteiger partial charge in [-0.05, 0) is 32.6 Å². The summed E-state index contributed by atoms with van der Waals surface area (Å²) in [7, 11) is 0. The third-order valence-electron chi connectivity index (χ3n) is 6.14. The van der Waals surface area contributed by atoms with Gasteiger partial charge in [0.15, 0.2) is 5.82 Å². The fourth-order valence-electron chi connectivity index (χ4n) is 4.40. The van der Waals surface area contributed by atoms with Crippen molar-refractivity contribution < 1.29 is 14.3 Å². The van der Waals surface area contributed by atoms with Crippen molar-refractivity contribution in [3.05, 3.63) is 22.9 Å². The van der Waals surface area contributed by atoms with Crippen LogP contribution in [0.15, 0.2) is 17.2 Å². The number of likely N-dealkylation sites (tertiary alicyclic amines) is 1. The second kappa shape index (κ2) is 9.49. The lowest BCUT2D eigenvalue weighted by molar-refractivity contribution is -0.151. The minimum atomic E-state index is -0.344. The van der Waals surface area contributed by atoms with Crippen LogP contribution in [-0.2, 0) is 20.9 Å². The molecule has 2 aromatic rings.